The normalized spacial score (nSPS) is 20.1. The highest BCUT2D eigenvalue weighted by atomic mass is 16.5. The maximum absolute atomic E-state index is 13.3. The first kappa shape index (κ1) is 19.4. The fraction of sp³-hybridized carbons (Fsp3) is 0.292. The first-order valence-electron chi connectivity index (χ1n) is 10.3. The van der Waals surface area contributed by atoms with Crippen molar-refractivity contribution in [2.75, 3.05) is 7.11 Å². The van der Waals surface area contributed by atoms with Crippen LogP contribution in [0.1, 0.15) is 35.7 Å². The zero-order valence-corrected chi connectivity index (χ0v) is 17.5. The van der Waals surface area contributed by atoms with Crippen LogP contribution in [0.5, 0.6) is 5.75 Å². The molecule has 0 bridgehead atoms. The van der Waals surface area contributed by atoms with Crippen LogP contribution in [0.2, 0.25) is 0 Å². The summed E-state index contributed by atoms with van der Waals surface area (Å²) in [6.45, 7) is 1.81. The Bertz CT molecular complexity index is 1170. The molecule has 3 amide bonds. The fourth-order valence-electron chi connectivity index (χ4n) is 4.33. The van der Waals surface area contributed by atoms with Gasteiger partial charge in [-0.3, -0.25) is 9.69 Å². The molecule has 1 atom stereocenters. The summed E-state index contributed by atoms with van der Waals surface area (Å²) >= 11 is 0. The number of aromatic nitrogens is 1. The van der Waals surface area contributed by atoms with Gasteiger partial charge in [-0.2, -0.15) is 0 Å². The Hall–Kier alpha value is -3.61. The van der Waals surface area contributed by atoms with E-state index in [2.05, 4.69) is 22.4 Å². The molecule has 1 aliphatic carbocycles. The van der Waals surface area contributed by atoms with Gasteiger partial charge >= 0.3 is 6.03 Å². The summed E-state index contributed by atoms with van der Waals surface area (Å²) in [7, 11) is 1.60. The van der Waals surface area contributed by atoms with Crippen LogP contribution in [0.15, 0.2) is 53.1 Å². The van der Waals surface area contributed by atoms with E-state index in [1.807, 2.05) is 30.3 Å². The molecule has 3 aromatic rings. The van der Waals surface area contributed by atoms with Gasteiger partial charge in [-0.05, 0) is 67.1 Å². The van der Waals surface area contributed by atoms with Gasteiger partial charge in [0.2, 0.25) is 5.89 Å². The van der Waals surface area contributed by atoms with E-state index >= 15 is 0 Å². The highest BCUT2D eigenvalue weighted by Gasteiger charge is 2.49. The van der Waals surface area contributed by atoms with E-state index in [0.717, 1.165) is 36.1 Å². The number of nitrogens with zero attached hydrogens (tertiary/aromatic N) is 2. The Morgan fingerprint density at radius 1 is 1.13 bits per heavy atom. The van der Waals surface area contributed by atoms with Gasteiger partial charge in [0.1, 0.15) is 17.6 Å². The molecule has 2 heterocycles. The van der Waals surface area contributed by atoms with E-state index in [1.54, 1.807) is 14.0 Å². The molecule has 0 radical (unpaired) electrons. The molecule has 7 nitrogen and oxygen atoms in total. The van der Waals surface area contributed by atoms with Gasteiger partial charge in [0, 0.05) is 5.56 Å². The molecule has 1 N–H and O–H groups in total. The molecule has 2 aromatic carbocycles. The van der Waals surface area contributed by atoms with Crippen LogP contribution in [-0.2, 0) is 29.7 Å². The van der Waals surface area contributed by atoms with Crippen molar-refractivity contribution in [1.82, 2.24) is 15.2 Å². The lowest BCUT2D eigenvalue weighted by molar-refractivity contribution is -0.131. The lowest BCUT2D eigenvalue weighted by Gasteiger charge is -2.23. The Kier molecular flexibility index (Phi) is 4.54. The van der Waals surface area contributed by atoms with Crippen LogP contribution in [0.25, 0.3) is 11.5 Å². The summed E-state index contributed by atoms with van der Waals surface area (Å²) < 4.78 is 10.7. The van der Waals surface area contributed by atoms with Crippen LogP contribution in [0, 0.1) is 0 Å². The number of imide groups is 1. The van der Waals surface area contributed by atoms with Crippen LogP contribution in [0.4, 0.5) is 4.79 Å². The van der Waals surface area contributed by atoms with Crippen LogP contribution >= 0.6 is 0 Å². The minimum atomic E-state index is -1.09. The first-order valence-corrected chi connectivity index (χ1v) is 10.3. The van der Waals surface area contributed by atoms with Gasteiger partial charge in [-0.25, -0.2) is 9.78 Å². The number of carbonyl (C=O) groups is 2. The number of fused-ring (bicyclic) bond motifs is 1. The number of hydrogen-bond donors (Lipinski definition) is 1. The Morgan fingerprint density at radius 3 is 2.68 bits per heavy atom. The van der Waals surface area contributed by atoms with Gasteiger partial charge in [-0.1, -0.05) is 18.2 Å². The standard InChI is InChI=1S/C24H23N3O4/c1-24(18-9-6-15-4-3-5-17(15)12-18)22(28)27(23(29)26-24)13-19-14-31-21(25-19)16-7-10-20(30-2)11-8-16/h6-12,14H,3-5,13H2,1-2H3,(H,26,29). The first-order chi connectivity index (χ1) is 15.0. The molecule has 0 saturated carbocycles. The summed E-state index contributed by atoms with van der Waals surface area (Å²) in [5.41, 5.74) is 3.61. The highest BCUT2D eigenvalue weighted by Crippen LogP contribution is 2.33. The average Bonchev–Trinajstić information content (AvgIpc) is 3.49. The number of carbonyl (C=O) groups excluding carboxylic acids is 2. The van der Waals surface area contributed by atoms with E-state index in [9.17, 15) is 9.59 Å². The van der Waals surface area contributed by atoms with E-state index in [1.165, 1.54) is 22.3 Å². The lowest BCUT2D eigenvalue weighted by Crippen LogP contribution is -2.41. The van der Waals surface area contributed by atoms with E-state index < -0.39 is 11.6 Å². The molecule has 5 rings (SSSR count). The number of nitrogens with one attached hydrogen (secondary N) is 1. The highest BCUT2D eigenvalue weighted by molar-refractivity contribution is 6.07. The van der Waals surface area contributed by atoms with Gasteiger partial charge in [0.25, 0.3) is 5.91 Å². The minimum absolute atomic E-state index is 0.0465. The lowest BCUT2D eigenvalue weighted by atomic mass is 9.89. The summed E-state index contributed by atoms with van der Waals surface area (Å²) in [6, 6.07) is 13.0. The predicted octanol–water partition coefficient (Wildman–Crippen LogP) is 3.81. The van der Waals surface area contributed by atoms with Gasteiger partial charge < -0.3 is 14.5 Å². The number of urea groups is 1. The minimum Gasteiger partial charge on any atom is -0.497 e. The maximum atomic E-state index is 13.3. The van der Waals surface area contributed by atoms with E-state index in [0.29, 0.717) is 11.6 Å². The van der Waals surface area contributed by atoms with E-state index in [4.69, 9.17) is 9.15 Å². The molecule has 1 aliphatic heterocycles. The zero-order chi connectivity index (χ0) is 21.6. The van der Waals surface area contributed by atoms with Crippen molar-refractivity contribution < 1.29 is 18.7 Å². The van der Waals surface area contributed by atoms with Gasteiger partial charge in [-0.15, -0.1) is 0 Å². The third-order valence-electron chi connectivity index (χ3n) is 6.16. The largest absolute Gasteiger partial charge is 0.497 e. The summed E-state index contributed by atoms with van der Waals surface area (Å²) in [5, 5.41) is 2.87. The summed E-state index contributed by atoms with van der Waals surface area (Å²) in [4.78, 5) is 31.6. The van der Waals surface area contributed by atoms with Crippen molar-refractivity contribution in [1.29, 1.82) is 0 Å². The molecule has 0 spiro atoms. The van der Waals surface area contributed by atoms with Crippen LogP contribution in [0.3, 0.4) is 0 Å². The zero-order valence-electron chi connectivity index (χ0n) is 17.5. The Morgan fingerprint density at radius 2 is 1.90 bits per heavy atom. The van der Waals surface area contributed by atoms with Gasteiger partial charge in [0.15, 0.2) is 0 Å². The van der Waals surface area contributed by atoms with E-state index in [-0.39, 0.29) is 12.5 Å². The smallest absolute Gasteiger partial charge is 0.325 e. The topological polar surface area (TPSA) is 84.7 Å². The number of benzene rings is 2. The number of aryl methyl sites for hydroxylation is 2. The fourth-order valence-corrected chi connectivity index (χ4v) is 4.33. The Labute approximate surface area is 180 Å². The molecule has 2 aliphatic rings. The molecule has 1 fully saturated rings. The van der Waals surface area contributed by atoms with Crippen LogP contribution in [-0.4, -0.2) is 28.9 Å². The average molecular weight is 417 g/mol. The Balaban J connectivity index is 1.36. The quantitative estimate of drug-likeness (QED) is 0.638. The third kappa shape index (κ3) is 3.26. The number of ether oxygens (including phenoxy) is 1. The van der Waals surface area contributed by atoms with Gasteiger partial charge in [0.05, 0.1) is 19.3 Å². The molecular formula is C24H23N3O4. The van der Waals surface area contributed by atoms with Crippen molar-refractivity contribution in [2.45, 2.75) is 38.3 Å². The van der Waals surface area contributed by atoms with Crippen molar-refractivity contribution in [3.63, 3.8) is 0 Å². The second-order valence-electron chi connectivity index (χ2n) is 8.16. The van der Waals surface area contributed by atoms with Crippen molar-refractivity contribution >= 4 is 11.9 Å². The van der Waals surface area contributed by atoms with Crippen molar-refractivity contribution in [3.8, 4) is 17.2 Å². The van der Waals surface area contributed by atoms with Crippen LogP contribution < -0.4 is 10.1 Å². The monoisotopic (exact) mass is 417 g/mol. The molecule has 1 unspecified atom stereocenters. The summed E-state index contributed by atoms with van der Waals surface area (Å²) in [5.74, 6) is 0.872. The van der Waals surface area contributed by atoms with Crippen molar-refractivity contribution in [3.05, 3.63) is 71.1 Å². The molecule has 7 heteroatoms. The SMILES string of the molecule is COc1ccc(-c2nc(CN3C(=O)NC(C)(c4ccc5c(c4)CCC5)C3=O)co2)cc1. The number of hydrogen-bond acceptors (Lipinski definition) is 5. The molecule has 31 heavy (non-hydrogen) atoms. The van der Waals surface area contributed by atoms with Crippen molar-refractivity contribution in [2.24, 2.45) is 0 Å². The molecule has 158 valence electrons. The third-order valence-corrected chi connectivity index (χ3v) is 6.16. The second-order valence-corrected chi connectivity index (χ2v) is 8.16. The predicted molar refractivity (Wildman–Crippen MR) is 113 cm³/mol. The molecule has 1 saturated heterocycles. The second kappa shape index (κ2) is 7.27. The number of oxazole rings is 1. The molecule has 1 aromatic heterocycles. The number of methoxy groups -OCH3 is 1. The molecular weight excluding hydrogens is 394 g/mol. The number of rotatable bonds is 5. The number of amides is 3. The maximum Gasteiger partial charge on any atom is 0.325 e. The summed E-state index contributed by atoms with van der Waals surface area (Å²) in [6.07, 6.45) is 4.69.